The Morgan fingerprint density at radius 2 is 1.83 bits per heavy atom. The zero-order valence-corrected chi connectivity index (χ0v) is 20.7. The number of nitrogens with zero attached hydrogens (tertiary/aromatic N) is 2. The number of hydrogen-bond donors (Lipinski definition) is 2. The summed E-state index contributed by atoms with van der Waals surface area (Å²) in [5.74, 6) is 0.987. The van der Waals surface area contributed by atoms with E-state index < -0.39 is 10.0 Å². The number of H-pyrrole nitrogens is 1. The lowest BCUT2D eigenvalue weighted by Gasteiger charge is -2.22. The molecule has 1 heterocycles. The SMILES string of the molecule is COc1ccccc1N(C)S(=O)(=O)c1ccc(C)c(C(=O)NCCCc2nc3ccccc3[nH]2)c1. The lowest BCUT2D eigenvalue weighted by molar-refractivity contribution is 0.0952. The molecule has 0 saturated heterocycles. The number of nitrogens with one attached hydrogen (secondary N) is 2. The van der Waals surface area contributed by atoms with Gasteiger partial charge in [0.1, 0.15) is 11.6 Å². The zero-order valence-electron chi connectivity index (χ0n) is 19.9. The van der Waals surface area contributed by atoms with Crippen molar-refractivity contribution >= 4 is 32.7 Å². The fraction of sp³-hybridized carbons (Fsp3) is 0.231. The average Bonchev–Trinajstić information content (AvgIpc) is 3.29. The highest BCUT2D eigenvalue weighted by molar-refractivity contribution is 7.92. The number of rotatable bonds is 9. The maximum absolute atomic E-state index is 13.3. The number of aromatic amines is 1. The Bertz CT molecular complexity index is 1430. The predicted molar refractivity (Wildman–Crippen MR) is 137 cm³/mol. The second-order valence-electron chi connectivity index (χ2n) is 8.18. The lowest BCUT2D eigenvalue weighted by atomic mass is 10.1. The number of fused-ring (bicyclic) bond motifs is 1. The van der Waals surface area contributed by atoms with Crippen molar-refractivity contribution in [3.63, 3.8) is 0 Å². The number of sulfonamides is 1. The molecule has 0 aliphatic carbocycles. The van der Waals surface area contributed by atoms with E-state index >= 15 is 0 Å². The van der Waals surface area contributed by atoms with E-state index in [-0.39, 0.29) is 10.8 Å². The number of benzene rings is 3. The maximum atomic E-state index is 13.3. The Kier molecular flexibility index (Phi) is 7.07. The molecule has 0 spiro atoms. The van der Waals surface area contributed by atoms with E-state index in [1.807, 2.05) is 24.3 Å². The van der Waals surface area contributed by atoms with Crippen molar-refractivity contribution in [2.75, 3.05) is 25.0 Å². The molecule has 8 nitrogen and oxygen atoms in total. The molecule has 0 unspecified atom stereocenters. The normalized spacial score (nSPS) is 11.4. The van der Waals surface area contributed by atoms with Gasteiger partial charge in [-0.2, -0.15) is 0 Å². The molecule has 0 atom stereocenters. The first-order valence-electron chi connectivity index (χ1n) is 11.3. The monoisotopic (exact) mass is 492 g/mol. The summed E-state index contributed by atoms with van der Waals surface area (Å²) in [4.78, 5) is 20.7. The number of anilines is 1. The molecule has 4 rings (SSSR count). The van der Waals surface area contributed by atoms with E-state index in [2.05, 4.69) is 15.3 Å². The van der Waals surface area contributed by atoms with Gasteiger partial charge in [-0.25, -0.2) is 13.4 Å². The van der Waals surface area contributed by atoms with Crippen LogP contribution in [0.5, 0.6) is 5.75 Å². The van der Waals surface area contributed by atoms with Gasteiger partial charge in [0.15, 0.2) is 0 Å². The van der Waals surface area contributed by atoms with E-state index in [1.54, 1.807) is 37.3 Å². The highest BCUT2D eigenvalue weighted by Gasteiger charge is 2.25. The standard InChI is InChI=1S/C26H28N4O4S/c1-18-14-15-19(35(32,33)30(2)23-11-6-7-12-24(23)34-3)17-20(18)26(31)27-16-8-13-25-28-21-9-4-5-10-22(21)29-25/h4-7,9-12,14-15,17H,8,13,16H2,1-3H3,(H,27,31)(H,28,29). The van der Waals surface area contributed by atoms with Crippen LogP contribution in [0, 0.1) is 6.92 Å². The molecule has 9 heteroatoms. The number of hydrogen-bond acceptors (Lipinski definition) is 5. The summed E-state index contributed by atoms with van der Waals surface area (Å²) >= 11 is 0. The quantitative estimate of drug-likeness (QED) is 0.343. The minimum atomic E-state index is -3.91. The van der Waals surface area contributed by atoms with Gasteiger partial charge in [-0.05, 0) is 55.3 Å². The fourth-order valence-electron chi connectivity index (χ4n) is 3.86. The third-order valence-electron chi connectivity index (χ3n) is 5.85. The van der Waals surface area contributed by atoms with Gasteiger partial charge in [0.2, 0.25) is 0 Å². The molecule has 2 N–H and O–H groups in total. The first kappa shape index (κ1) is 24.3. The van der Waals surface area contributed by atoms with Crippen LogP contribution >= 0.6 is 0 Å². The molecule has 0 bridgehead atoms. The molecule has 0 saturated carbocycles. The maximum Gasteiger partial charge on any atom is 0.264 e. The van der Waals surface area contributed by atoms with Gasteiger partial charge in [-0.1, -0.05) is 30.3 Å². The van der Waals surface area contributed by atoms with Crippen LogP contribution in [0.3, 0.4) is 0 Å². The third kappa shape index (κ3) is 5.14. The van der Waals surface area contributed by atoms with Crippen LogP contribution in [-0.2, 0) is 16.4 Å². The second-order valence-corrected chi connectivity index (χ2v) is 10.2. The lowest BCUT2D eigenvalue weighted by Crippen LogP contribution is -2.28. The number of aryl methyl sites for hydroxylation is 2. The van der Waals surface area contributed by atoms with Gasteiger partial charge in [0, 0.05) is 25.6 Å². The number of ether oxygens (including phenoxy) is 1. The second kappa shape index (κ2) is 10.2. The van der Waals surface area contributed by atoms with Crippen LogP contribution < -0.4 is 14.4 Å². The molecule has 0 aliphatic rings. The van der Waals surface area contributed by atoms with Gasteiger partial charge in [0.05, 0.1) is 28.7 Å². The van der Waals surface area contributed by atoms with Crippen LogP contribution in [0.2, 0.25) is 0 Å². The van der Waals surface area contributed by atoms with Crippen molar-refractivity contribution in [1.82, 2.24) is 15.3 Å². The molecule has 1 amide bonds. The number of amides is 1. The topological polar surface area (TPSA) is 104 Å². The highest BCUT2D eigenvalue weighted by atomic mass is 32.2. The van der Waals surface area contributed by atoms with Gasteiger partial charge >= 0.3 is 0 Å². The molecule has 0 aliphatic heterocycles. The van der Waals surface area contributed by atoms with Gasteiger partial charge in [-0.15, -0.1) is 0 Å². The average molecular weight is 493 g/mol. The molecule has 3 aromatic carbocycles. The minimum absolute atomic E-state index is 0.0314. The molecule has 4 aromatic rings. The molecule has 0 fully saturated rings. The molecular formula is C26H28N4O4S. The third-order valence-corrected chi connectivity index (χ3v) is 7.62. The van der Waals surface area contributed by atoms with E-state index in [9.17, 15) is 13.2 Å². The largest absolute Gasteiger partial charge is 0.495 e. The van der Waals surface area contributed by atoms with Gasteiger partial charge in [-0.3, -0.25) is 9.10 Å². The Hall–Kier alpha value is -3.85. The smallest absolute Gasteiger partial charge is 0.264 e. The van der Waals surface area contributed by atoms with E-state index in [4.69, 9.17) is 4.74 Å². The predicted octanol–water partition coefficient (Wildman–Crippen LogP) is 4.07. The Morgan fingerprint density at radius 3 is 2.60 bits per heavy atom. The van der Waals surface area contributed by atoms with Crippen molar-refractivity contribution in [2.45, 2.75) is 24.7 Å². The summed E-state index contributed by atoms with van der Waals surface area (Å²) in [5.41, 5.74) is 3.32. The number of carbonyl (C=O) groups excluding carboxylic acids is 1. The number of methoxy groups -OCH3 is 1. The summed E-state index contributed by atoms with van der Waals surface area (Å²) in [6.07, 6.45) is 1.38. The summed E-state index contributed by atoms with van der Waals surface area (Å²) in [6, 6.07) is 19.3. The highest BCUT2D eigenvalue weighted by Crippen LogP contribution is 2.31. The van der Waals surface area contributed by atoms with Crippen molar-refractivity contribution in [3.05, 3.63) is 83.7 Å². The van der Waals surface area contributed by atoms with Crippen LogP contribution in [0.4, 0.5) is 5.69 Å². The summed E-state index contributed by atoms with van der Waals surface area (Å²) in [5, 5.41) is 2.89. The summed E-state index contributed by atoms with van der Waals surface area (Å²) in [6.45, 7) is 2.22. The Balaban J connectivity index is 1.44. The number of aromatic nitrogens is 2. The zero-order chi connectivity index (χ0) is 25.0. The van der Waals surface area contributed by atoms with Gasteiger partial charge in [0.25, 0.3) is 15.9 Å². The molecule has 35 heavy (non-hydrogen) atoms. The van der Waals surface area contributed by atoms with Crippen molar-refractivity contribution in [2.24, 2.45) is 0 Å². The van der Waals surface area contributed by atoms with Crippen molar-refractivity contribution < 1.29 is 17.9 Å². The van der Waals surface area contributed by atoms with E-state index in [1.165, 1.54) is 26.3 Å². The number of para-hydroxylation sites is 4. The van der Waals surface area contributed by atoms with Crippen LogP contribution in [0.1, 0.15) is 28.2 Å². The summed E-state index contributed by atoms with van der Waals surface area (Å²) in [7, 11) is -0.959. The van der Waals surface area contributed by atoms with Crippen LogP contribution in [0.15, 0.2) is 71.6 Å². The molecule has 0 radical (unpaired) electrons. The number of carbonyl (C=O) groups is 1. The minimum Gasteiger partial charge on any atom is -0.495 e. The van der Waals surface area contributed by atoms with E-state index in [0.29, 0.717) is 42.0 Å². The summed E-state index contributed by atoms with van der Waals surface area (Å²) < 4.78 is 33.1. The van der Waals surface area contributed by atoms with Gasteiger partial charge < -0.3 is 15.0 Å². The molecule has 1 aromatic heterocycles. The molecule has 182 valence electrons. The Morgan fingerprint density at radius 1 is 1.09 bits per heavy atom. The van der Waals surface area contributed by atoms with Crippen molar-refractivity contribution in [3.8, 4) is 5.75 Å². The first-order valence-corrected chi connectivity index (χ1v) is 12.7. The van der Waals surface area contributed by atoms with Crippen LogP contribution in [-0.4, -0.2) is 45.0 Å². The fourth-order valence-corrected chi connectivity index (χ4v) is 5.09. The van der Waals surface area contributed by atoms with E-state index in [0.717, 1.165) is 21.2 Å². The number of imidazole rings is 1. The first-order chi connectivity index (χ1) is 16.8. The molecular weight excluding hydrogens is 464 g/mol. The Labute approximate surface area is 205 Å². The van der Waals surface area contributed by atoms with Crippen LogP contribution in [0.25, 0.3) is 11.0 Å². The van der Waals surface area contributed by atoms with Crippen molar-refractivity contribution in [1.29, 1.82) is 0 Å².